The number of H-pyrrole nitrogens is 1. The number of carbonyl (C=O) groups excluding carboxylic acids is 5. The van der Waals surface area contributed by atoms with Crippen LogP contribution in [0.2, 0.25) is 0 Å². The van der Waals surface area contributed by atoms with E-state index in [9.17, 15) is 48.6 Å². The van der Waals surface area contributed by atoms with E-state index in [1.165, 1.54) is 24.3 Å². The quantitative estimate of drug-likeness (QED) is 0.0615. The van der Waals surface area contributed by atoms with Crippen molar-refractivity contribution in [1.82, 2.24) is 31.2 Å². The number of aliphatic carboxylic acids is 3. The molecule has 20 heteroatoms. The molecular formula is C24H36N8O11S. The SMILES string of the molecule is CSCC[C@H](N)C(=O)N[C@@H](CC(=O)O)C(=O)N[C@@H](Cc1cnc[nH]1)C(=O)N[C@@H](CCC(=O)O)C(=O)N[C@@H](CC(N)=O)C(=O)O. The number of aromatic amines is 1. The van der Waals surface area contributed by atoms with Crippen molar-refractivity contribution < 1.29 is 53.7 Å². The van der Waals surface area contributed by atoms with Crippen LogP contribution in [-0.4, -0.2) is 115 Å². The number of hydrogen-bond donors (Lipinski definition) is 10. The highest BCUT2D eigenvalue weighted by atomic mass is 32.2. The number of amides is 5. The Hall–Kier alpha value is -4.72. The van der Waals surface area contributed by atoms with E-state index in [1.54, 1.807) is 6.26 Å². The van der Waals surface area contributed by atoms with Crippen LogP contribution in [0.15, 0.2) is 12.5 Å². The number of rotatable bonds is 21. The van der Waals surface area contributed by atoms with Gasteiger partial charge in [-0.25, -0.2) is 9.78 Å². The second-order valence-electron chi connectivity index (χ2n) is 9.45. The van der Waals surface area contributed by atoms with Crippen molar-refractivity contribution in [3.8, 4) is 0 Å². The molecule has 244 valence electrons. The molecule has 44 heavy (non-hydrogen) atoms. The molecule has 0 aromatic carbocycles. The molecule has 0 aliphatic heterocycles. The normalized spacial score (nSPS) is 14.1. The van der Waals surface area contributed by atoms with Gasteiger partial charge in [-0.2, -0.15) is 11.8 Å². The third kappa shape index (κ3) is 14.0. The van der Waals surface area contributed by atoms with Gasteiger partial charge in [-0.05, 0) is 24.9 Å². The molecule has 0 saturated heterocycles. The number of imidazole rings is 1. The molecule has 0 unspecified atom stereocenters. The molecule has 12 N–H and O–H groups in total. The first-order valence-electron chi connectivity index (χ1n) is 13.0. The predicted octanol–water partition coefficient (Wildman–Crippen LogP) is -3.73. The summed E-state index contributed by atoms with van der Waals surface area (Å²) >= 11 is 1.42. The van der Waals surface area contributed by atoms with E-state index in [2.05, 4.69) is 25.9 Å². The van der Waals surface area contributed by atoms with Gasteiger partial charge in [-0.1, -0.05) is 0 Å². The molecule has 1 aromatic rings. The fraction of sp³-hybridized carbons (Fsp3) is 0.542. The Morgan fingerprint density at radius 3 is 1.91 bits per heavy atom. The van der Waals surface area contributed by atoms with Gasteiger partial charge in [-0.3, -0.25) is 33.6 Å². The number of primary amides is 1. The summed E-state index contributed by atoms with van der Waals surface area (Å²) in [6.07, 6.45) is 1.48. The summed E-state index contributed by atoms with van der Waals surface area (Å²) in [4.78, 5) is 104. The van der Waals surface area contributed by atoms with Crippen LogP contribution >= 0.6 is 11.8 Å². The van der Waals surface area contributed by atoms with E-state index in [4.69, 9.17) is 16.6 Å². The highest BCUT2D eigenvalue weighted by molar-refractivity contribution is 7.98. The van der Waals surface area contributed by atoms with Crippen molar-refractivity contribution in [2.75, 3.05) is 12.0 Å². The maximum absolute atomic E-state index is 13.4. The topological polar surface area (TPSA) is 326 Å². The highest BCUT2D eigenvalue weighted by Crippen LogP contribution is 2.06. The van der Waals surface area contributed by atoms with E-state index >= 15 is 0 Å². The van der Waals surface area contributed by atoms with Crippen LogP contribution in [0.3, 0.4) is 0 Å². The Morgan fingerprint density at radius 1 is 0.818 bits per heavy atom. The first-order chi connectivity index (χ1) is 20.6. The second kappa shape index (κ2) is 18.7. The minimum Gasteiger partial charge on any atom is -0.481 e. The Labute approximate surface area is 254 Å². The average Bonchev–Trinajstić information content (AvgIpc) is 3.45. The fourth-order valence-corrected chi connectivity index (χ4v) is 4.11. The minimum absolute atomic E-state index is 0.237. The zero-order chi connectivity index (χ0) is 33.4. The van der Waals surface area contributed by atoms with Gasteiger partial charge in [0.05, 0.1) is 25.2 Å². The molecule has 0 aliphatic rings. The van der Waals surface area contributed by atoms with Crippen LogP contribution in [0.4, 0.5) is 0 Å². The fourth-order valence-electron chi connectivity index (χ4n) is 3.62. The van der Waals surface area contributed by atoms with Crippen molar-refractivity contribution in [3.63, 3.8) is 0 Å². The predicted molar refractivity (Wildman–Crippen MR) is 152 cm³/mol. The Balaban J connectivity index is 3.24. The molecule has 5 atom stereocenters. The molecule has 0 spiro atoms. The number of nitrogens with one attached hydrogen (secondary N) is 5. The standard InChI is InChI=1S/C24H36N8O11S/c1-44-5-4-12(25)20(38)30-15(8-19(36)37)23(41)31-14(6-11-9-27-10-28-11)22(40)29-13(2-3-18(34)35)21(39)32-16(24(42)43)7-17(26)33/h9-10,12-16H,2-8,25H2,1H3,(H2,26,33)(H,27,28)(H,29,40)(H,30,38)(H,31,41)(H,32,39)(H,34,35)(H,36,37)(H,42,43)/t12-,13-,14-,15-,16-/m0/s1. The zero-order valence-corrected chi connectivity index (χ0v) is 24.4. The third-order valence-corrected chi connectivity index (χ3v) is 6.54. The number of hydrogen-bond acceptors (Lipinski definition) is 11. The number of aromatic nitrogens is 2. The van der Waals surface area contributed by atoms with Gasteiger partial charge in [0.15, 0.2) is 0 Å². The Bertz CT molecular complexity index is 1200. The van der Waals surface area contributed by atoms with Crippen molar-refractivity contribution >= 4 is 59.2 Å². The van der Waals surface area contributed by atoms with Gasteiger partial charge in [0.1, 0.15) is 24.2 Å². The first-order valence-corrected chi connectivity index (χ1v) is 14.4. The largest absolute Gasteiger partial charge is 0.481 e. The molecule has 0 saturated carbocycles. The van der Waals surface area contributed by atoms with Gasteiger partial charge < -0.3 is 53.0 Å². The Morgan fingerprint density at radius 2 is 1.39 bits per heavy atom. The Kier molecular flexibility index (Phi) is 15.9. The number of nitrogens with two attached hydrogens (primary N) is 2. The van der Waals surface area contributed by atoms with E-state index in [1.807, 2.05) is 5.32 Å². The monoisotopic (exact) mass is 644 g/mol. The minimum atomic E-state index is -1.78. The lowest BCUT2D eigenvalue weighted by Gasteiger charge is -2.25. The summed E-state index contributed by atoms with van der Waals surface area (Å²) in [6, 6.07) is -7.69. The smallest absolute Gasteiger partial charge is 0.326 e. The summed E-state index contributed by atoms with van der Waals surface area (Å²) in [6.45, 7) is 0. The van der Waals surface area contributed by atoms with Crippen molar-refractivity contribution in [3.05, 3.63) is 18.2 Å². The van der Waals surface area contributed by atoms with Crippen molar-refractivity contribution in [2.24, 2.45) is 11.5 Å². The van der Waals surface area contributed by atoms with Crippen LogP contribution < -0.4 is 32.7 Å². The van der Waals surface area contributed by atoms with E-state index in [0.29, 0.717) is 11.4 Å². The lowest BCUT2D eigenvalue weighted by atomic mass is 10.1. The number of nitrogens with zero attached hydrogens (tertiary/aromatic N) is 1. The molecule has 19 nitrogen and oxygen atoms in total. The molecule has 1 rings (SSSR count). The summed E-state index contributed by atoms with van der Waals surface area (Å²) in [5, 5.41) is 36.5. The maximum atomic E-state index is 13.4. The van der Waals surface area contributed by atoms with Crippen LogP contribution in [0.5, 0.6) is 0 Å². The molecule has 1 aromatic heterocycles. The molecular weight excluding hydrogens is 608 g/mol. The molecule has 0 radical (unpaired) electrons. The van der Waals surface area contributed by atoms with Gasteiger partial charge in [0.25, 0.3) is 0 Å². The number of carboxylic acid groups (broad SMARTS) is 3. The second-order valence-corrected chi connectivity index (χ2v) is 10.4. The van der Waals surface area contributed by atoms with Crippen molar-refractivity contribution in [1.29, 1.82) is 0 Å². The summed E-state index contributed by atoms with van der Waals surface area (Å²) < 4.78 is 0. The van der Waals surface area contributed by atoms with E-state index in [0.717, 1.165) is 0 Å². The molecule has 0 fully saturated rings. The first kappa shape index (κ1) is 37.3. The molecule has 5 amide bonds. The van der Waals surface area contributed by atoms with Gasteiger partial charge in [-0.15, -0.1) is 0 Å². The summed E-state index contributed by atoms with van der Waals surface area (Å²) in [5.41, 5.74) is 11.1. The summed E-state index contributed by atoms with van der Waals surface area (Å²) in [7, 11) is 0. The van der Waals surface area contributed by atoms with Crippen LogP contribution in [0.25, 0.3) is 0 Å². The van der Waals surface area contributed by atoms with Crippen LogP contribution in [-0.2, 0) is 44.8 Å². The third-order valence-electron chi connectivity index (χ3n) is 5.89. The maximum Gasteiger partial charge on any atom is 0.326 e. The van der Waals surface area contributed by atoms with Gasteiger partial charge in [0, 0.05) is 24.7 Å². The van der Waals surface area contributed by atoms with E-state index in [-0.39, 0.29) is 12.8 Å². The van der Waals surface area contributed by atoms with Crippen LogP contribution in [0.1, 0.15) is 37.8 Å². The highest BCUT2D eigenvalue weighted by Gasteiger charge is 2.33. The average molecular weight is 645 g/mol. The van der Waals surface area contributed by atoms with Crippen molar-refractivity contribution in [2.45, 2.75) is 68.7 Å². The van der Waals surface area contributed by atoms with Gasteiger partial charge in [0.2, 0.25) is 29.5 Å². The number of thioether (sulfide) groups is 1. The molecule has 1 heterocycles. The lowest BCUT2D eigenvalue weighted by Crippen LogP contribution is -2.59. The van der Waals surface area contributed by atoms with Gasteiger partial charge >= 0.3 is 17.9 Å². The molecule has 0 aliphatic carbocycles. The number of carboxylic acids is 3. The van der Waals surface area contributed by atoms with Crippen LogP contribution in [0, 0.1) is 0 Å². The van der Waals surface area contributed by atoms with E-state index < -0.39 is 103 Å². The lowest BCUT2D eigenvalue weighted by molar-refractivity contribution is -0.144. The zero-order valence-electron chi connectivity index (χ0n) is 23.6. The molecule has 0 bridgehead atoms. The number of carbonyl (C=O) groups is 8. The summed E-state index contributed by atoms with van der Waals surface area (Å²) in [5.74, 6) is -9.07.